The van der Waals surface area contributed by atoms with E-state index >= 15 is 0 Å². The topological polar surface area (TPSA) is 84.7 Å². The van der Waals surface area contributed by atoms with E-state index in [1.807, 2.05) is 18.2 Å². The van der Waals surface area contributed by atoms with Crippen molar-refractivity contribution in [1.29, 1.82) is 0 Å². The minimum absolute atomic E-state index is 0.0301. The van der Waals surface area contributed by atoms with E-state index in [9.17, 15) is 10.4 Å². The standard InChI is InChI=1S/C22H24N3O3/c1-5-18-19(16-7-9-21(28-4)20(13-16)25(26)27)10-11-23-22(18)24-17-8-6-14(2)15(3)12-17/h6-13,25H,5H2,1-4H3,(H,23,24)/q-1. The molecule has 0 bridgehead atoms. The van der Waals surface area contributed by atoms with Crippen LogP contribution in [0.5, 0.6) is 5.75 Å². The number of methoxy groups -OCH3 is 1. The molecule has 0 atom stereocenters. The first-order valence-electron chi connectivity index (χ1n) is 9.16. The summed E-state index contributed by atoms with van der Waals surface area (Å²) in [5.74, 6) is 1.04. The van der Waals surface area contributed by atoms with Crippen LogP contribution in [0.1, 0.15) is 23.6 Å². The van der Waals surface area contributed by atoms with Gasteiger partial charge >= 0.3 is 0 Å². The molecule has 2 N–H and O–H groups in total. The first kappa shape index (κ1) is 19.8. The summed E-state index contributed by atoms with van der Waals surface area (Å²) in [4.78, 5) is 4.51. The molecule has 3 aromatic rings. The fourth-order valence-electron chi connectivity index (χ4n) is 3.22. The van der Waals surface area contributed by atoms with Gasteiger partial charge in [-0.25, -0.2) is 4.98 Å². The van der Waals surface area contributed by atoms with Crippen molar-refractivity contribution in [3.8, 4) is 16.9 Å². The van der Waals surface area contributed by atoms with Crippen LogP contribution in [0.25, 0.3) is 11.1 Å². The molecule has 1 heterocycles. The van der Waals surface area contributed by atoms with E-state index in [4.69, 9.17) is 4.74 Å². The van der Waals surface area contributed by atoms with Crippen LogP contribution in [0.3, 0.4) is 0 Å². The lowest BCUT2D eigenvalue weighted by Gasteiger charge is -2.27. The largest absolute Gasteiger partial charge is 0.628 e. The highest BCUT2D eigenvalue weighted by Gasteiger charge is 2.14. The molecular formula is C22H24N3O3-. The van der Waals surface area contributed by atoms with Gasteiger partial charge in [0.1, 0.15) is 5.82 Å². The van der Waals surface area contributed by atoms with Gasteiger partial charge in [-0.15, -0.1) is 0 Å². The molecule has 0 unspecified atom stereocenters. The van der Waals surface area contributed by atoms with Gasteiger partial charge < -0.3 is 25.7 Å². The molecule has 0 saturated carbocycles. The lowest BCUT2D eigenvalue weighted by atomic mass is 9.98. The fourth-order valence-corrected chi connectivity index (χ4v) is 3.22. The van der Waals surface area contributed by atoms with E-state index in [-0.39, 0.29) is 11.4 Å². The predicted molar refractivity (Wildman–Crippen MR) is 112 cm³/mol. The first-order chi connectivity index (χ1) is 13.4. The van der Waals surface area contributed by atoms with Crippen molar-refractivity contribution in [3.63, 3.8) is 0 Å². The Morgan fingerprint density at radius 3 is 2.46 bits per heavy atom. The van der Waals surface area contributed by atoms with Crippen molar-refractivity contribution < 1.29 is 9.96 Å². The Hall–Kier alpha value is -2.93. The van der Waals surface area contributed by atoms with Crippen LogP contribution >= 0.6 is 0 Å². The Labute approximate surface area is 165 Å². The van der Waals surface area contributed by atoms with E-state index in [0.29, 0.717) is 0 Å². The number of aryl methyl sites for hydroxylation is 2. The Balaban J connectivity index is 2.05. The summed E-state index contributed by atoms with van der Waals surface area (Å²) in [7, 11) is 1.44. The molecule has 0 aliphatic carbocycles. The van der Waals surface area contributed by atoms with Crippen LogP contribution in [0.15, 0.2) is 48.7 Å². The maximum Gasteiger partial charge on any atom is 0.180 e. The van der Waals surface area contributed by atoms with Gasteiger partial charge in [0.05, 0.1) is 7.11 Å². The van der Waals surface area contributed by atoms with Gasteiger partial charge in [0.2, 0.25) is 0 Å². The van der Waals surface area contributed by atoms with E-state index < -0.39 is 5.23 Å². The van der Waals surface area contributed by atoms with Crippen LogP contribution in [0.4, 0.5) is 17.2 Å². The molecule has 0 aliphatic rings. The van der Waals surface area contributed by atoms with Gasteiger partial charge in [-0.1, -0.05) is 19.1 Å². The van der Waals surface area contributed by atoms with Gasteiger partial charge in [-0.3, -0.25) is 0 Å². The van der Waals surface area contributed by atoms with E-state index in [1.165, 1.54) is 18.2 Å². The molecule has 0 fully saturated rings. The second kappa shape index (κ2) is 8.39. The van der Waals surface area contributed by atoms with Crippen molar-refractivity contribution in [1.82, 2.24) is 4.98 Å². The summed E-state index contributed by atoms with van der Waals surface area (Å²) in [6, 6.07) is 13.2. The van der Waals surface area contributed by atoms with Crippen LogP contribution in [0.2, 0.25) is 0 Å². The van der Waals surface area contributed by atoms with E-state index in [0.717, 1.165) is 34.6 Å². The first-order valence-corrected chi connectivity index (χ1v) is 9.16. The number of rotatable bonds is 6. The molecule has 0 amide bonds. The molecule has 2 aromatic carbocycles. The third-order valence-electron chi connectivity index (χ3n) is 4.91. The summed E-state index contributed by atoms with van der Waals surface area (Å²) in [6.45, 7) is 6.20. The zero-order chi connectivity index (χ0) is 20.3. The van der Waals surface area contributed by atoms with Crippen LogP contribution < -0.4 is 15.3 Å². The maximum absolute atomic E-state index is 11.5. The fraction of sp³-hybridized carbons (Fsp3) is 0.227. The van der Waals surface area contributed by atoms with Crippen molar-refractivity contribution in [2.75, 3.05) is 12.4 Å². The number of nitrogens with zero attached hydrogens (tertiary/aromatic N) is 1. The number of quaternary nitrogens is 1. The maximum atomic E-state index is 11.5. The predicted octanol–water partition coefficient (Wildman–Crippen LogP) is 4.19. The molecule has 6 nitrogen and oxygen atoms in total. The molecule has 3 rings (SSSR count). The Kier molecular flexibility index (Phi) is 5.94. The number of hydrogen-bond donors (Lipinski definition) is 2. The summed E-state index contributed by atoms with van der Waals surface area (Å²) in [5, 5.41) is 25.1. The molecule has 0 spiro atoms. The number of ether oxygens (including phenoxy) is 1. The monoisotopic (exact) mass is 378 g/mol. The number of nitrogens with one attached hydrogen (secondary N) is 2. The molecule has 28 heavy (non-hydrogen) atoms. The molecule has 1 aromatic heterocycles. The molecular weight excluding hydrogens is 354 g/mol. The zero-order valence-electron chi connectivity index (χ0n) is 16.5. The minimum atomic E-state index is -1.26. The third-order valence-corrected chi connectivity index (χ3v) is 4.91. The lowest BCUT2D eigenvalue weighted by Crippen LogP contribution is -2.96. The molecule has 0 saturated heterocycles. The van der Waals surface area contributed by atoms with Crippen molar-refractivity contribution >= 4 is 17.2 Å². The van der Waals surface area contributed by atoms with Crippen LogP contribution in [0, 0.1) is 24.3 Å². The van der Waals surface area contributed by atoms with E-state index in [2.05, 4.69) is 43.2 Å². The molecule has 146 valence electrons. The summed E-state index contributed by atoms with van der Waals surface area (Å²) < 4.78 is 5.13. The summed E-state index contributed by atoms with van der Waals surface area (Å²) in [5.41, 5.74) is 6.14. The van der Waals surface area contributed by atoms with Gasteiger partial charge in [0, 0.05) is 23.5 Å². The number of hydrogen-bond acceptors (Lipinski definition) is 5. The highest BCUT2D eigenvalue weighted by Crippen LogP contribution is 2.33. The number of pyridine rings is 1. The van der Waals surface area contributed by atoms with E-state index in [1.54, 1.807) is 18.3 Å². The number of anilines is 2. The number of aromatic nitrogens is 1. The smallest absolute Gasteiger partial charge is 0.180 e. The van der Waals surface area contributed by atoms with Gasteiger partial charge in [-0.05, 0) is 66.8 Å². The number of benzene rings is 2. The minimum Gasteiger partial charge on any atom is -0.628 e. The zero-order valence-corrected chi connectivity index (χ0v) is 16.5. The van der Waals surface area contributed by atoms with Gasteiger partial charge in [0.15, 0.2) is 11.4 Å². The highest BCUT2D eigenvalue weighted by atomic mass is 16.8. The van der Waals surface area contributed by atoms with Crippen molar-refractivity contribution in [2.24, 2.45) is 0 Å². The second-order valence-electron chi connectivity index (χ2n) is 6.67. The third kappa shape index (κ3) is 3.99. The SMILES string of the molecule is CCc1c(-c2ccc(OC)c([NH+]([O-])[O-])c2)ccnc1Nc1ccc(C)c(C)c1. The lowest BCUT2D eigenvalue weighted by molar-refractivity contribution is -0.715. The Morgan fingerprint density at radius 1 is 1.04 bits per heavy atom. The Bertz CT molecular complexity index is 987. The quantitative estimate of drug-likeness (QED) is 0.628. The second-order valence-corrected chi connectivity index (χ2v) is 6.67. The van der Waals surface area contributed by atoms with Crippen molar-refractivity contribution in [2.45, 2.75) is 27.2 Å². The average Bonchev–Trinajstić information content (AvgIpc) is 2.70. The highest BCUT2D eigenvalue weighted by molar-refractivity contribution is 5.76. The van der Waals surface area contributed by atoms with Gasteiger partial charge in [-0.2, -0.15) is 0 Å². The summed E-state index contributed by atoms with van der Waals surface area (Å²) in [6.07, 6.45) is 2.46. The molecule has 0 radical (unpaired) electrons. The molecule has 0 aliphatic heterocycles. The summed E-state index contributed by atoms with van der Waals surface area (Å²) >= 11 is 0. The van der Waals surface area contributed by atoms with Crippen LogP contribution in [-0.2, 0) is 6.42 Å². The van der Waals surface area contributed by atoms with Gasteiger partial charge in [0.25, 0.3) is 0 Å². The normalized spacial score (nSPS) is 11.0. The average molecular weight is 378 g/mol. The van der Waals surface area contributed by atoms with Crippen LogP contribution in [-0.4, -0.2) is 12.1 Å². The molecule has 6 heteroatoms. The Morgan fingerprint density at radius 2 is 1.82 bits per heavy atom. The van der Waals surface area contributed by atoms with Crippen molar-refractivity contribution in [3.05, 3.63) is 75.8 Å².